The molecule has 1 saturated heterocycles. The van der Waals surface area contributed by atoms with E-state index in [-0.39, 0.29) is 18.9 Å². The number of nitriles is 1. The molecule has 1 heterocycles. The fraction of sp³-hybridized carbons (Fsp3) is 0.357. The fourth-order valence-electron chi connectivity index (χ4n) is 2.29. The van der Waals surface area contributed by atoms with E-state index in [0.717, 1.165) is 4.90 Å². The van der Waals surface area contributed by atoms with E-state index in [1.54, 1.807) is 19.1 Å². The molecule has 0 bridgehead atoms. The van der Waals surface area contributed by atoms with Crippen LogP contribution in [0.3, 0.4) is 0 Å². The number of benzene rings is 1. The Bertz CT molecular complexity index is 642. The Morgan fingerprint density at radius 1 is 1.38 bits per heavy atom. The van der Waals surface area contributed by atoms with E-state index in [0.29, 0.717) is 22.0 Å². The van der Waals surface area contributed by atoms with E-state index < -0.39 is 11.6 Å². The molecule has 5 nitrogen and oxygen atoms in total. The van der Waals surface area contributed by atoms with Crippen molar-refractivity contribution in [3.63, 3.8) is 0 Å². The molecule has 21 heavy (non-hydrogen) atoms. The molecule has 7 heteroatoms. The van der Waals surface area contributed by atoms with Crippen molar-refractivity contribution in [2.24, 2.45) is 0 Å². The predicted octanol–water partition coefficient (Wildman–Crippen LogP) is 3.06. The van der Waals surface area contributed by atoms with Crippen molar-refractivity contribution < 1.29 is 9.59 Å². The first-order valence-electron chi connectivity index (χ1n) is 6.36. The third kappa shape index (κ3) is 2.82. The minimum atomic E-state index is -1.22. The average Bonchev–Trinajstić information content (AvgIpc) is 2.62. The highest BCUT2D eigenvalue weighted by atomic mass is 35.5. The number of rotatable bonds is 4. The molecular formula is C14H13Cl2N3O2. The van der Waals surface area contributed by atoms with Crippen LogP contribution in [0.2, 0.25) is 10.0 Å². The number of carbonyl (C=O) groups is 2. The smallest absolute Gasteiger partial charge is 0.319 e. The molecule has 3 amide bonds. The van der Waals surface area contributed by atoms with Gasteiger partial charge in [-0.15, -0.1) is 0 Å². The number of carbonyl (C=O) groups excluding carboxylic acids is 2. The Hall–Kier alpha value is -1.77. The lowest BCUT2D eigenvalue weighted by Gasteiger charge is -2.23. The molecule has 2 rings (SSSR count). The van der Waals surface area contributed by atoms with Crippen molar-refractivity contribution in [2.45, 2.75) is 25.3 Å². The van der Waals surface area contributed by atoms with Gasteiger partial charge in [0.05, 0.1) is 6.07 Å². The summed E-state index contributed by atoms with van der Waals surface area (Å²) >= 11 is 12.0. The van der Waals surface area contributed by atoms with E-state index in [4.69, 9.17) is 28.5 Å². The lowest BCUT2D eigenvalue weighted by molar-refractivity contribution is -0.131. The number of halogens is 2. The van der Waals surface area contributed by atoms with Gasteiger partial charge in [-0.25, -0.2) is 4.79 Å². The van der Waals surface area contributed by atoms with E-state index in [9.17, 15) is 9.59 Å². The molecule has 1 N–H and O–H groups in total. The van der Waals surface area contributed by atoms with E-state index >= 15 is 0 Å². The average molecular weight is 326 g/mol. The monoisotopic (exact) mass is 325 g/mol. The topological polar surface area (TPSA) is 73.2 Å². The van der Waals surface area contributed by atoms with Crippen molar-refractivity contribution in [3.05, 3.63) is 33.8 Å². The standard InChI is InChI=1S/C14H13Cl2N3O2/c1-14(10-5-4-9(15)8-11(10)16)12(20)19(13(21)18-14)7-3-2-6-17/h4-5,8H,2-3,7H2,1H3,(H,18,21). The predicted molar refractivity (Wildman–Crippen MR) is 78.9 cm³/mol. The lowest BCUT2D eigenvalue weighted by Crippen LogP contribution is -2.41. The molecule has 1 unspecified atom stereocenters. The molecule has 110 valence electrons. The summed E-state index contributed by atoms with van der Waals surface area (Å²) in [5, 5.41) is 12.0. The molecule has 0 spiro atoms. The maximum Gasteiger partial charge on any atom is 0.325 e. The highest BCUT2D eigenvalue weighted by Crippen LogP contribution is 2.34. The van der Waals surface area contributed by atoms with Crippen LogP contribution in [0.1, 0.15) is 25.3 Å². The summed E-state index contributed by atoms with van der Waals surface area (Å²) in [6.45, 7) is 1.81. The summed E-state index contributed by atoms with van der Waals surface area (Å²) in [6, 6.07) is 6.28. The zero-order valence-corrected chi connectivity index (χ0v) is 12.8. The van der Waals surface area contributed by atoms with Gasteiger partial charge in [0, 0.05) is 28.6 Å². The van der Waals surface area contributed by atoms with Crippen molar-refractivity contribution in [2.75, 3.05) is 6.54 Å². The SMILES string of the molecule is CC1(c2ccc(Cl)cc2Cl)NC(=O)N(CCCC#N)C1=O. The Kier molecular flexibility index (Phi) is 4.40. The largest absolute Gasteiger partial charge is 0.325 e. The van der Waals surface area contributed by atoms with Crippen molar-refractivity contribution in [1.82, 2.24) is 10.2 Å². The Morgan fingerprint density at radius 3 is 2.71 bits per heavy atom. The van der Waals surface area contributed by atoms with Gasteiger partial charge in [0.15, 0.2) is 0 Å². The van der Waals surface area contributed by atoms with E-state index in [1.165, 1.54) is 6.07 Å². The lowest BCUT2D eigenvalue weighted by atomic mass is 9.92. The summed E-state index contributed by atoms with van der Waals surface area (Å²) in [5.74, 6) is -0.380. The fourth-order valence-corrected chi connectivity index (χ4v) is 2.89. The van der Waals surface area contributed by atoms with Crippen LogP contribution in [0.4, 0.5) is 4.79 Å². The van der Waals surface area contributed by atoms with Crippen molar-refractivity contribution >= 4 is 35.1 Å². The van der Waals surface area contributed by atoms with Gasteiger partial charge in [0.2, 0.25) is 0 Å². The Morgan fingerprint density at radius 2 is 2.10 bits per heavy atom. The van der Waals surface area contributed by atoms with Gasteiger partial charge in [-0.2, -0.15) is 5.26 Å². The zero-order valence-electron chi connectivity index (χ0n) is 11.3. The molecule has 0 radical (unpaired) electrons. The molecule has 0 aliphatic carbocycles. The first-order valence-corrected chi connectivity index (χ1v) is 7.12. The third-order valence-corrected chi connectivity index (χ3v) is 3.96. The molecule has 1 aliphatic heterocycles. The van der Waals surface area contributed by atoms with Gasteiger partial charge >= 0.3 is 6.03 Å². The number of amides is 3. The zero-order chi connectivity index (χ0) is 15.6. The molecule has 1 fully saturated rings. The molecule has 1 aliphatic rings. The van der Waals surface area contributed by atoms with Crippen LogP contribution in [-0.2, 0) is 10.3 Å². The number of hydrogen-bond donors (Lipinski definition) is 1. The van der Waals surface area contributed by atoms with E-state index in [2.05, 4.69) is 5.32 Å². The molecule has 0 saturated carbocycles. The number of nitrogens with zero attached hydrogens (tertiary/aromatic N) is 2. The van der Waals surface area contributed by atoms with Crippen LogP contribution in [0.25, 0.3) is 0 Å². The van der Waals surface area contributed by atoms with Gasteiger partial charge in [-0.1, -0.05) is 29.3 Å². The van der Waals surface area contributed by atoms with Gasteiger partial charge in [-0.3, -0.25) is 9.69 Å². The molecular weight excluding hydrogens is 313 g/mol. The van der Waals surface area contributed by atoms with Gasteiger partial charge < -0.3 is 5.32 Å². The number of hydrogen-bond acceptors (Lipinski definition) is 3. The summed E-state index contributed by atoms with van der Waals surface area (Å²) in [7, 11) is 0. The number of urea groups is 1. The molecule has 1 atom stereocenters. The first kappa shape index (κ1) is 15.6. The molecule has 1 aromatic rings. The molecule has 0 aromatic heterocycles. The maximum absolute atomic E-state index is 12.5. The van der Waals surface area contributed by atoms with Gasteiger partial charge in [0.25, 0.3) is 5.91 Å². The summed E-state index contributed by atoms with van der Waals surface area (Å²) in [6.07, 6.45) is 0.732. The molecule has 1 aromatic carbocycles. The van der Waals surface area contributed by atoms with Crippen LogP contribution in [0, 0.1) is 11.3 Å². The number of imide groups is 1. The minimum Gasteiger partial charge on any atom is -0.319 e. The summed E-state index contributed by atoms with van der Waals surface area (Å²) in [5.41, 5.74) is -0.722. The number of unbranched alkanes of at least 4 members (excludes halogenated alkanes) is 1. The highest BCUT2D eigenvalue weighted by molar-refractivity contribution is 6.35. The highest BCUT2D eigenvalue weighted by Gasteiger charge is 2.49. The third-order valence-electron chi connectivity index (χ3n) is 3.42. The minimum absolute atomic E-state index is 0.207. The van der Waals surface area contributed by atoms with Crippen LogP contribution in [0.15, 0.2) is 18.2 Å². The second-order valence-electron chi connectivity index (χ2n) is 4.90. The first-order chi connectivity index (χ1) is 9.90. The summed E-state index contributed by atoms with van der Waals surface area (Å²) < 4.78 is 0. The Balaban J connectivity index is 2.29. The van der Waals surface area contributed by atoms with Crippen LogP contribution >= 0.6 is 23.2 Å². The normalized spacial score (nSPS) is 21.3. The van der Waals surface area contributed by atoms with Crippen LogP contribution in [0.5, 0.6) is 0 Å². The second kappa shape index (κ2) is 5.92. The van der Waals surface area contributed by atoms with Gasteiger partial charge in [-0.05, 0) is 25.5 Å². The van der Waals surface area contributed by atoms with Crippen LogP contribution < -0.4 is 5.32 Å². The second-order valence-corrected chi connectivity index (χ2v) is 5.74. The number of nitrogens with one attached hydrogen (secondary N) is 1. The van der Waals surface area contributed by atoms with E-state index in [1.807, 2.05) is 6.07 Å². The van der Waals surface area contributed by atoms with Crippen molar-refractivity contribution in [1.29, 1.82) is 5.26 Å². The van der Waals surface area contributed by atoms with Crippen LogP contribution in [-0.4, -0.2) is 23.4 Å². The van der Waals surface area contributed by atoms with Gasteiger partial charge in [0.1, 0.15) is 5.54 Å². The summed E-state index contributed by atoms with van der Waals surface area (Å²) in [4.78, 5) is 25.6. The Labute approximate surface area is 132 Å². The van der Waals surface area contributed by atoms with Crippen molar-refractivity contribution in [3.8, 4) is 6.07 Å². The maximum atomic E-state index is 12.5. The quantitative estimate of drug-likeness (QED) is 0.683.